The summed E-state index contributed by atoms with van der Waals surface area (Å²) in [6.07, 6.45) is 4.52. The van der Waals surface area contributed by atoms with Crippen LogP contribution in [0, 0.1) is 6.92 Å². The van der Waals surface area contributed by atoms with Gasteiger partial charge >= 0.3 is 5.97 Å². The van der Waals surface area contributed by atoms with Crippen LogP contribution in [0.4, 0.5) is 0 Å². The summed E-state index contributed by atoms with van der Waals surface area (Å²) in [4.78, 5) is 11.4. The normalized spacial score (nSPS) is 15.0. The molecule has 1 saturated carbocycles. The third kappa shape index (κ3) is 2.46. The van der Waals surface area contributed by atoms with Gasteiger partial charge in [0, 0.05) is 11.3 Å². The molecule has 1 aromatic carbocycles. The lowest BCUT2D eigenvalue weighted by Gasteiger charge is -2.28. The maximum atomic E-state index is 11.4. The Kier molecular flexibility index (Phi) is 3.53. The fourth-order valence-electron chi connectivity index (χ4n) is 2.92. The quantitative estimate of drug-likeness (QED) is 0.894. The maximum absolute atomic E-state index is 11.4. The van der Waals surface area contributed by atoms with Crippen molar-refractivity contribution in [3.05, 3.63) is 40.6 Å². The highest BCUT2D eigenvalue weighted by molar-refractivity contribution is 5.91. The Labute approximate surface area is 124 Å². The van der Waals surface area contributed by atoms with Crippen molar-refractivity contribution in [2.75, 3.05) is 0 Å². The first-order valence-electron chi connectivity index (χ1n) is 7.52. The van der Waals surface area contributed by atoms with E-state index in [1.54, 1.807) is 6.07 Å². The van der Waals surface area contributed by atoms with Gasteiger partial charge in [-0.25, -0.2) is 4.79 Å². The van der Waals surface area contributed by atoms with Gasteiger partial charge in [-0.3, -0.25) is 5.10 Å². The number of carbonyl (C=O) groups is 1. The summed E-state index contributed by atoms with van der Waals surface area (Å²) in [5, 5.41) is 16.8. The SMILES string of the molecule is CCc1cc(-c2cc(C(=O)O)c(C)cc2C2CCC2)n[nH]1. The van der Waals surface area contributed by atoms with Crippen molar-refractivity contribution >= 4 is 5.97 Å². The van der Waals surface area contributed by atoms with Crippen LogP contribution in [-0.2, 0) is 6.42 Å². The molecule has 2 N–H and O–H groups in total. The molecule has 0 bridgehead atoms. The number of aromatic amines is 1. The van der Waals surface area contributed by atoms with Gasteiger partial charge in [-0.15, -0.1) is 0 Å². The molecule has 0 radical (unpaired) electrons. The van der Waals surface area contributed by atoms with E-state index in [0.717, 1.165) is 28.9 Å². The molecule has 1 aliphatic rings. The van der Waals surface area contributed by atoms with Crippen LogP contribution in [0.15, 0.2) is 18.2 Å². The van der Waals surface area contributed by atoms with Crippen molar-refractivity contribution in [1.29, 1.82) is 0 Å². The van der Waals surface area contributed by atoms with E-state index in [0.29, 0.717) is 11.5 Å². The van der Waals surface area contributed by atoms with E-state index < -0.39 is 5.97 Å². The number of carboxylic acid groups (broad SMARTS) is 1. The first-order valence-corrected chi connectivity index (χ1v) is 7.52. The summed E-state index contributed by atoms with van der Waals surface area (Å²) < 4.78 is 0. The van der Waals surface area contributed by atoms with Crippen LogP contribution in [-0.4, -0.2) is 21.3 Å². The van der Waals surface area contributed by atoms with Crippen molar-refractivity contribution in [1.82, 2.24) is 10.2 Å². The van der Waals surface area contributed by atoms with E-state index in [4.69, 9.17) is 0 Å². The summed E-state index contributed by atoms with van der Waals surface area (Å²) in [6, 6.07) is 5.86. The van der Waals surface area contributed by atoms with Gasteiger partial charge < -0.3 is 5.11 Å². The molecule has 0 atom stereocenters. The van der Waals surface area contributed by atoms with Crippen molar-refractivity contribution in [2.45, 2.75) is 45.4 Å². The summed E-state index contributed by atoms with van der Waals surface area (Å²) in [5.41, 5.74) is 5.35. The predicted octanol–water partition coefficient (Wildman–Crippen LogP) is 3.91. The topological polar surface area (TPSA) is 66.0 Å². The van der Waals surface area contributed by atoms with Crippen LogP contribution >= 0.6 is 0 Å². The fourth-order valence-corrected chi connectivity index (χ4v) is 2.92. The largest absolute Gasteiger partial charge is 0.478 e. The van der Waals surface area contributed by atoms with Crippen molar-refractivity contribution < 1.29 is 9.90 Å². The molecule has 0 unspecified atom stereocenters. The number of carboxylic acids is 1. The molecule has 1 aromatic heterocycles. The highest BCUT2D eigenvalue weighted by atomic mass is 16.4. The summed E-state index contributed by atoms with van der Waals surface area (Å²) >= 11 is 0. The molecule has 0 aliphatic heterocycles. The van der Waals surface area contributed by atoms with E-state index in [2.05, 4.69) is 17.1 Å². The number of aromatic carboxylic acids is 1. The monoisotopic (exact) mass is 284 g/mol. The van der Waals surface area contributed by atoms with Crippen LogP contribution < -0.4 is 0 Å². The minimum atomic E-state index is -0.875. The van der Waals surface area contributed by atoms with Gasteiger partial charge in [0.25, 0.3) is 0 Å². The standard InChI is InChI=1S/C17H20N2O2/c1-3-12-8-16(19-18-12)15-9-13(17(20)21)10(2)7-14(15)11-5-4-6-11/h7-9,11H,3-6H2,1-2H3,(H,18,19)(H,20,21). The zero-order valence-electron chi connectivity index (χ0n) is 12.4. The highest BCUT2D eigenvalue weighted by Gasteiger charge is 2.25. The number of H-pyrrole nitrogens is 1. The van der Waals surface area contributed by atoms with E-state index in [1.165, 1.54) is 24.8 Å². The molecule has 1 heterocycles. The van der Waals surface area contributed by atoms with Gasteiger partial charge in [0.05, 0.1) is 11.3 Å². The number of aromatic nitrogens is 2. The molecule has 1 fully saturated rings. The molecular formula is C17H20N2O2. The predicted molar refractivity (Wildman–Crippen MR) is 81.7 cm³/mol. The number of nitrogens with zero attached hydrogens (tertiary/aromatic N) is 1. The van der Waals surface area contributed by atoms with E-state index in [1.807, 2.05) is 19.1 Å². The van der Waals surface area contributed by atoms with Crippen LogP contribution in [0.2, 0.25) is 0 Å². The average molecular weight is 284 g/mol. The number of aryl methyl sites for hydroxylation is 2. The van der Waals surface area contributed by atoms with Gasteiger partial charge in [0.15, 0.2) is 0 Å². The molecule has 21 heavy (non-hydrogen) atoms. The summed E-state index contributed by atoms with van der Waals surface area (Å²) in [5.74, 6) is -0.330. The van der Waals surface area contributed by atoms with Crippen LogP contribution in [0.25, 0.3) is 11.3 Å². The minimum Gasteiger partial charge on any atom is -0.478 e. The number of rotatable bonds is 4. The summed E-state index contributed by atoms with van der Waals surface area (Å²) in [7, 11) is 0. The Hall–Kier alpha value is -2.10. The molecule has 4 nitrogen and oxygen atoms in total. The van der Waals surface area contributed by atoms with Crippen LogP contribution in [0.5, 0.6) is 0 Å². The van der Waals surface area contributed by atoms with Crippen LogP contribution in [0.3, 0.4) is 0 Å². The molecule has 0 spiro atoms. The number of hydrogen-bond donors (Lipinski definition) is 2. The molecule has 0 amide bonds. The lowest BCUT2D eigenvalue weighted by atomic mass is 9.76. The smallest absolute Gasteiger partial charge is 0.335 e. The Morgan fingerprint density at radius 3 is 2.67 bits per heavy atom. The average Bonchev–Trinajstić information content (AvgIpc) is 2.85. The van der Waals surface area contributed by atoms with Gasteiger partial charge in [-0.2, -0.15) is 5.10 Å². The van der Waals surface area contributed by atoms with Crippen molar-refractivity contribution in [3.63, 3.8) is 0 Å². The zero-order chi connectivity index (χ0) is 15.0. The minimum absolute atomic E-state index is 0.370. The molecule has 4 heteroatoms. The second-order valence-electron chi connectivity index (χ2n) is 5.82. The van der Waals surface area contributed by atoms with E-state index in [-0.39, 0.29) is 0 Å². The lowest BCUT2D eigenvalue weighted by Crippen LogP contribution is -2.12. The molecule has 110 valence electrons. The Morgan fingerprint density at radius 1 is 1.38 bits per heavy atom. The highest BCUT2D eigenvalue weighted by Crippen LogP contribution is 2.42. The number of nitrogens with one attached hydrogen (secondary N) is 1. The number of benzene rings is 1. The first-order chi connectivity index (χ1) is 10.1. The van der Waals surface area contributed by atoms with Gasteiger partial charge in [0.1, 0.15) is 0 Å². The molecule has 3 rings (SSSR count). The molecule has 2 aromatic rings. The zero-order valence-corrected chi connectivity index (χ0v) is 12.4. The summed E-state index contributed by atoms with van der Waals surface area (Å²) in [6.45, 7) is 3.94. The third-order valence-corrected chi connectivity index (χ3v) is 4.46. The van der Waals surface area contributed by atoms with Gasteiger partial charge in [0.2, 0.25) is 0 Å². The molecular weight excluding hydrogens is 264 g/mol. The second-order valence-corrected chi connectivity index (χ2v) is 5.82. The van der Waals surface area contributed by atoms with Crippen LogP contribution in [0.1, 0.15) is 59.3 Å². The van der Waals surface area contributed by atoms with E-state index in [9.17, 15) is 9.90 Å². The Bertz CT molecular complexity index is 684. The molecule has 1 aliphatic carbocycles. The van der Waals surface area contributed by atoms with Gasteiger partial charge in [-0.05, 0) is 55.4 Å². The Balaban J connectivity index is 2.14. The van der Waals surface area contributed by atoms with Gasteiger partial charge in [-0.1, -0.05) is 19.4 Å². The third-order valence-electron chi connectivity index (χ3n) is 4.46. The van der Waals surface area contributed by atoms with Crippen molar-refractivity contribution in [2.24, 2.45) is 0 Å². The fraction of sp³-hybridized carbons (Fsp3) is 0.412. The maximum Gasteiger partial charge on any atom is 0.335 e. The first kappa shape index (κ1) is 13.9. The number of hydrogen-bond acceptors (Lipinski definition) is 2. The molecule has 0 saturated heterocycles. The lowest BCUT2D eigenvalue weighted by molar-refractivity contribution is 0.0696. The van der Waals surface area contributed by atoms with Crippen molar-refractivity contribution in [3.8, 4) is 11.3 Å². The van der Waals surface area contributed by atoms with E-state index >= 15 is 0 Å². The Morgan fingerprint density at radius 2 is 2.14 bits per heavy atom. The second kappa shape index (κ2) is 5.35.